The van der Waals surface area contributed by atoms with Gasteiger partial charge in [-0.1, -0.05) is 36.3 Å². The molecule has 0 saturated heterocycles. The second-order valence-electron chi connectivity index (χ2n) is 7.54. The molecule has 3 heterocycles. The van der Waals surface area contributed by atoms with Crippen LogP contribution in [0.4, 0.5) is 0 Å². The number of benzene rings is 1. The molecule has 0 saturated carbocycles. The van der Waals surface area contributed by atoms with Crippen molar-refractivity contribution in [1.29, 1.82) is 0 Å². The van der Waals surface area contributed by atoms with E-state index in [4.69, 9.17) is 4.52 Å². The van der Waals surface area contributed by atoms with Gasteiger partial charge in [0.25, 0.3) is 5.56 Å². The van der Waals surface area contributed by atoms with Crippen molar-refractivity contribution in [2.45, 2.75) is 39.7 Å². The minimum atomic E-state index is -0.0207. The van der Waals surface area contributed by atoms with Crippen molar-refractivity contribution in [2.75, 3.05) is 0 Å². The van der Waals surface area contributed by atoms with Gasteiger partial charge < -0.3 is 4.52 Å². The van der Waals surface area contributed by atoms with E-state index in [2.05, 4.69) is 22.0 Å². The molecule has 0 amide bonds. The van der Waals surface area contributed by atoms with Crippen LogP contribution >= 0.6 is 11.3 Å². The van der Waals surface area contributed by atoms with Crippen LogP contribution in [0.3, 0.4) is 0 Å². The lowest BCUT2D eigenvalue weighted by molar-refractivity contribution is 0.369. The lowest BCUT2D eigenvalue weighted by atomic mass is 9.89. The predicted molar refractivity (Wildman–Crippen MR) is 109 cm³/mol. The Hall–Kier alpha value is -2.80. The number of thiophene rings is 1. The molecule has 0 fully saturated rings. The van der Waals surface area contributed by atoms with Crippen LogP contribution < -0.4 is 5.56 Å². The van der Waals surface area contributed by atoms with Gasteiger partial charge in [0, 0.05) is 10.4 Å². The molecule has 142 valence electrons. The van der Waals surface area contributed by atoms with Gasteiger partial charge in [0.05, 0.1) is 11.7 Å². The molecule has 5 rings (SSSR count). The molecule has 1 aliphatic rings. The zero-order chi connectivity index (χ0) is 19.3. The normalized spacial score (nSPS) is 16.4. The number of aromatic nitrogens is 4. The monoisotopic (exact) mass is 392 g/mol. The lowest BCUT2D eigenvalue weighted by Crippen LogP contribution is -2.22. The molecule has 0 N–H and O–H groups in total. The molecule has 0 bridgehead atoms. The van der Waals surface area contributed by atoms with Crippen LogP contribution in [0.15, 0.2) is 39.9 Å². The van der Waals surface area contributed by atoms with Gasteiger partial charge in [-0.3, -0.25) is 9.36 Å². The van der Waals surface area contributed by atoms with Crippen LogP contribution in [0, 0.1) is 12.8 Å². The first-order valence-corrected chi connectivity index (χ1v) is 10.3. The first-order valence-electron chi connectivity index (χ1n) is 9.48. The van der Waals surface area contributed by atoms with E-state index < -0.39 is 0 Å². The van der Waals surface area contributed by atoms with Gasteiger partial charge in [-0.2, -0.15) is 4.98 Å². The van der Waals surface area contributed by atoms with E-state index in [-0.39, 0.29) is 12.1 Å². The van der Waals surface area contributed by atoms with E-state index in [1.807, 2.05) is 31.2 Å². The molecule has 3 aromatic heterocycles. The van der Waals surface area contributed by atoms with Crippen molar-refractivity contribution >= 4 is 21.6 Å². The summed E-state index contributed by atoms with van der Waals surface area (Å²) >= 11 is 1.66. The molecular weight excluding hydrogens is 372 g/mol. The fraction of sp³-hybridized carbons (Fsp3) is 0.333. The number of nitrogens with zero attached hydrogens (tertiary/aromatic N) is 4. The minimum absolute atomic E-state index is 0.0207. The number of rotatable bonds is 3. The SMILES string of the molecule is Cc1ccccc1-c1noc(Cn2cnc3sc4c(c3c2=O)CCC(C)C4)n1. The highest BCUT2D eigenvalue weighted by Crippen LogP contribution is 2.35. The maximum Gasteiger partial charge on any atom is 0.262 e. The number of fused-ring (bicyclic) bond motifs is 3. The van der Waals surface area contributed by atoms with Gasteiger partial charge in [0.1, 0.15) is 11.4 Å². The fourth-order valence-corrected chi connectivity index (χ4v) is 5.22. The molecule has 1 aromatic carbocycles. The summed E-state index contributed by atoms with van der Waals surface area (Å²) in [4.78, 5) is 24.3. The first-order chi connectivity index (χ1) is 13.6. The minimum Gasteiger partial charge on any atom is -0.337 e. The maximum atomic E-state index is 13.1. The zero-order valence-corrected chi connectivity index (χ0v) is 16.6. The Morgan fingerprint density at radius 2 is 2.18 bits per heavy atom. The Morgan fingerprint density at radius 1 is 1.32 bits per heavy atom. The maximum absolute atomic E-state index is 13.1. The average Bonchev–Trinajstić information content (AvgIpc) is 3.28. The Balaban J connectivity index is 1.50. The van der Waals surface area contributed by atoms with E-state index in [0.717, 1.165) is 40.6 Å². The molecule has 4 aromatic rings. The number of aryl methyl sites for hydroxylation is 2. The van der Waals surface area contributed by atoms with Crippen molar-refractivity contribution in [3.63, 3.8) is 0 Å². The molecule has 7 heteroatoms. The van der Waals surface area contributed by atoms with Gasteiger partial charge in [-0.25, -0.2) is 4.98 Å². The third kappa shape index (κ3) is 2.86. The second kappa shape index (κ2) is 6.67. The standard InChI is InChI=1S/C21H20N4O2S/c1-12-7-8-15-16(9-12)28-20-18(15)21(26)25(11-22-20)10-17-23-19(24-27-17)14-6-4-3-5-13(14)2/h3-6,11-12H,7-10H2,1-2H3. The quantitative estimate of drug-likeness (QED) is 0.527. The topological polar surface area (TPSA) is 73.8 Å². The average molecular weight is 392 g/mol. The molecule has 1 aliphatic carbocycles. The largest absolute Gasteiger partial charge is 0.337 e. The third-order valence-electron chi connectivity index (χ3n) is 5.44. The summed E-state index contributed by atoms with van der Waals surface area (Å²) in [7, 11) is 0. The van der Waals surface area contributed by atoms with Crippen LogP contribution in [0.1, 0.15) is 35.2 Å². The van der Waals surface area contributed by atoms with Gasteiger partial charge in [-0.05, 0) is 43.2 Å². The van der Waals surface area contributed by atoms with E-state index in [1.165, 1.54) is 10.4 Å². The molecule has 28 heavy (non-hydrogen) atoms. The van der Waals surface area contributed by atoms with Crippen molar-refractivity contribution in [2.24, 2.45) is 5.92 Å². The summed E-state index contributed by atoms with van der Waals surface area (Å²) in [5, 5.41) is 4.86. The van der Waals surface area contributed by atoms with E-state index in [1.54, 1.807) is 22.2 Å². The third-order valence-corrected chi connectivity index (χ3v) is 6.60. The lowest BCUT2D eigenvalue weighted by Gasteiger charge is -2.17. The molecule has 0 aliphatic heterocycles. The molecule has 0 radical (unpaired) electrons. The van der Waals surface area contributed by atoms with E-state index >= 15 is 0 Å². The molecule has 1 unspecified atom stereocenters. The Kier molecular flexibility index (Phi) is 4.12. The smallest absolute Gasteiger partial charge is 0.262 e. The van der Waals surface area contributed by atoms with Crippen molar-refractivity contribution < 1.29 is 4.52 Å². The van der Waals surface area contributed by atoms with Gasteiger partial charge in [0.2, 0.25) is 11.7 Å². The van der Waals surface area contributed by atoms with Crippen LogP contribution in [-0.4, -0.2) is 19.7 Å². The van der Waals surface area contributed by atoms with Crippen LogP contribution in [0.25, 0.3) is 21.6 Å². The summed E-state index contributed by atoms with van der Waals surface area (Å²) < 4.78 is 6.98. The summed E-state index contributed by atoms with van der Waals surface area (Å²) in [6.07, 6.45) is 4.71. The molecule has 1 atom stereocenters. The molecule has 6 nitrogen and oxygen atoms in total. The van der Waals surface area contributed by atoms with Crippen molar-refractivity contribution in [1.82, 2.24) is 19.7 Å². The Bertz CT molecular complexity index is 1240. The first kappa shape index (κ1) is 17.3. The Labute approximate surface area is 165 Å². The van der Waals surface area contributed by atoms with E-state index in [9.17, 15) is 4.79 Å². The van der Waals surface area contributed by atoms with Crippen LogP contribution in [0.5, 0.6) is 0 Å². The van der Waals surface area contributed by atoms with E-state index in [0.29, 0.717) is 17.6 Å². The Morgan fingerprint density at radius 3 is 3.04 bits per heavy atom. The molecular formula is C21H20N4O2S. The van der Waals surface area contributed by atoms with Gasteiger partial charge >= 0.3 is 0 Å². The second-order valence-corrected chi connectivity index (χ2v) is 8.62. The predicted octanol–water partition coefficient (Wildman–Crippen LogP) is 3.99. The zero-order valence-electron chi connectivity index (χ0n) is 15.8. The fourth-order valence-electron chi connectivity index (χ4n) is 3.88. The van der Waals surface area contributed by atoms with Crippen LogP contribution in [0.2, 0.25) is 0 Å². The van der Waals surface area contributed by atoms with Gasteiger partial charge in [0.15, 0.2) is 0 Å². The highest BCUT2D eigenvalue weighted by Gasteiger charge is 2.23. The number of hydrogen-bond acceptors (Lipinski definition) is 6. The summed E-state index contributed by atoms with van der Waals surface area (Å²) in [5.74, 6) is 1.61. The van der Waals surface area contributed by atoms with Crippen molar-refractivity contribution in [3.8, 4) is 11.4 Å². The molecule has 0 spiro atoms. The van der Waals surface area contributed by atoms with Gasteiger partial charge in [-0.15, -0.1) is 11.3 Å². The van der Waals surface area contributed by atoms with Crippen LogP contribution in [-0.2, 0) is 19.4 Å². The highest BCUT2D eigenvalue weighted by atomic mass is 32.1. The number of hydrogen-bond donors (Lipinski definition) is 0. The summed E-state index contributed by atoms with van der Waals surface area (Å²) in [6, 6.07) is 7.89. The highest BCUT2D eigenvalue weighted by molar-refractivity contribution is 7.18. The van der Waals surface area contributed by atoms with Crippen molar-refractivity contribution in [3.05, 3.63) is 62.8 Å². The summed E-state index contributed by atoms with van der Waals surface area (Å²) in [6.45, 7) is 4.50. The summed E-state index contributed by atoms with van der Waals surface area (Å²) in [5.41, 5.74) is 3.18.